The summed E-state index contributed by atoms with van der Waals surface area (Å²) in [5.41, 5.74) is 1.05. The van der Waals surface area contributed by atoms with Gasteiger partial charge in [-0.05, 0) is 43.5 Å². The molecule has 17 heavy (non-hydrogen) atoms. The normalized spacial score (nSPS) is 12.8. The van der Waals surface area contributed by atoms with Crippen molar-refractivity contribution in [2.45, 2.75) is 33.7 Å². The standard InChI is InChI=1S/C14H22ClNO/c1-10(2)12(4)16-7-8-17-13-5-6-14(15)11(3)9-13/h5-6,9-10,12,16H,7-8H2,1-4H3. The van der Waals surface area contributed by atoms with Crippen LogP contribution in [0.4, 0.5) is 0 Å². The number of ether oxygens (including phenoxy) is 1. The first-order chi connectivity index (χ1) is 8.00. The summed E-state index contributed by atoms with van der Waals surface area (Å²) >= 11 is 5.95. The number of hydrogen-bond acceptors (Lipinski definition) is 2. The highest BCUT2D eigenvalue weighted by Crippen LogP contribution is 2.20. The van der Waals surface area contributed by atoms with E-state index in [1.807, 2.05) is 25.1 Å². The molecule has 0 fully saturated rings. The van der Waals surface area contributed by atoms with Gasteiger partial charge < -0.3 is 10.1 Å². The van der Waals surface area contributed by atoms with Gasteiger partial charge in [0.15, 0.2) is 0 Å². The van der Waals surface area contributed by atoms with E-state index in [0.717, 1.165) is 22.9 Å². The lowest BCUT2D eigenvalue weighted by molar-refractivity contribution is 0.297. The third kappa shape index (κ3) is 4.97. The summed E-state index contributed by atoms with van der Waals surface area (Å²) in [6.45, 7) is 10.1. The van der Waals surface area contributed by atoms with Crippen molar-refractivity contribution in [3.8, 4) is 5.75 Å². The fourth-order valence-electron chi connectivity index (χ4n) is 1.40. The lowest BCUT2D eigenvalue weighted by Crippen LogP contribution is -2.33. The van der Waals surface area contributed by atoms with Crippen molar-refractivity contribution < 1.29 is 4.74 Å². The first-order valence-corrected chi connectivity index (χ1v) is 6.51. The average Bonchev–Trinajstić information content (AvgIpc) is 2.28. The third-order valence-corrected chi connectivity index (χ3v) is 3.39. The van der Waals surface area contributed by atoms with Gasteiger partial charge in [-0.25, -0.2) is 0 Å². The zero-order valence-electron chi connectivity index (χ0n) is 11.1. The zero-order chi connectivity index (χ0) is 12.8. The van der Waals surface area contributed by atoms with Crippen LogP contribution in [0.15, 0.2) is 18.2 Å². The minimum atomic E-state index is 0.519. The Morgan fingerprint density at radius 2 is 2.00 bits per heavy atom. The number of aryl methyl sites for hydroxylation is 1. The molecule has 2 nitrogen and oxygen atoms in total. The highest BCUT2D eigenvalue weighted by atomic mass is 35.5. The Kier molecular flexibility index (Phi) is 5.79. The Hall–Kier alpha value is -0.730. The highest BCUT2D eigenvalue weighted by Gasteiger charge is 2.05. The Morgan fingerprint density at radius 3 is 2.59 bits per heavy atom. The molecule has 0 aliphatic heterocycles. The Labute approximate surface area is 109 Å². The molecule has 1 unspecified atom stereocenters. The molecule has 0 aliphatic rings. The van der Waals surface area contributed by atoms with Crippen LogP contribution in [0.1, 0.15) is 26.3 Å². The maximum absolute atomic E-state index is 5.95. The van der Waals surface area contributed by atoms with Crippen LogP contribution < -0.4 is 10.1 Å². The van der Waals surface area contributed by atoms with E-state index in [4.69, 9.17) is 16.3 Å². The molecule has 1 rings (SSSR count). The fourth-order valence-corrected chi connectivity index (χ4v) is 1.52. The Balaban J connectivity index is 2.29. The van der Waals surface area contributed by atoms with Crippen LogP contribution in [-0.4, -0.2) is 19.2 Å². The van der Waals surface area contributed by atoms with Crippen LogP contribution in [0.5, 0.6) is 5.75 Å². The molecule has 0 heterocycles. The second kappa shape index (κ2) is 6.87. The molecular weight excluding hydrogens is 234 g/mol. The van der Waals surface area contributed by atoms with Crippen LogP contribution in [0, 0.1) is 12.8 Å². The van der Waals surface area contributed by atoms with E-state index < -0.39 is 0 Å². The minimum Gasteiger partial charge on any atom is -0.492 e. The van der Waals surface area contributed by atoms with E-state index in [-0.39, 0.29) is 0 Å². The van der Waals surface area contributed by atoms with Gasteiger partial charge in [-0.1, -0.05) is 25.4 Å². The van der Waals surface area contributed by atoms with Gasteiger partial charge in [-0.2, -0.15) is 0 Å². The number of halogens is 1. The molecule has 1 aromatic rings. The summed E-state index contributed by atoms with van der Waals surface area (Å²) in [5, 5.41) is 4.21. The summed E-state index contributed by atoms with van der Waals surface area (Å²) in [5.74, 6) is 1.53. The second-order valence-electron chi connectivity index (χ2n) is 4.75. The van der Waals surface area contributed by atoms with Crippen LogP contribution in [-0.2, 0) is 0 Å². The molecule has 0 radical (unpaired) electrons. The summed E-state index contributed by atoms with van der Waals surface area (Å²) < 4.78 is 5.65. The fraction of sp³-hybridized carbons (Fsp3) is 0.571. The molecule has 0 aromatic heterocycles. The summed E-state index contributed by atoms with van der Waals surface area (Å²) in [6.07, 6.45) is 0. The van der Waals surface area contributed by atoms with Crippen LogP contribution in [0.25, 0.3) is 0 Å². The van der Waals surface area contributed by atoms with Crippen molar-refractivity contribution in [1.29, 1.82) is 0 Å². The van der Waals surface area contributed by atoms with E-state index in [1.165, 1.54) is 0 Å². The smallest absolute Gasteiger partial charge is 0.119 e. The largest absolute Gasteiger partial charge is 0.492 e. The lowest BCUT2D eigenvalue weighted by Gasteiger charge is -2.17. The van der Waals surface area contributed by atoms with E-state index >= 15 is 0 Å². The molecule has 0 spiro atoms. The molecule has 0 bridgehead atoms. The summed E-state index contributed by atoms with van der Waals surface area (Å²) in [6, 6.07) is 6.26. The van der Waals surface area contributed by atoms with E-state index in [2.05, 4.69) is 26.1 Å². The van der Waals surface area contributed by atoms with E-state index in [9.17, 15) is 0 Å². The monoisotopic (exact) mass is 255 g/mol. The van der Waals surface area contributed by atoms with Crippen LogP contribution in [0.2, 0.25) is 5.02 Å². The summed E-state index contributed by atoms with van der Waals surface area (Å²) in [4.78, 5) is 0. The Morgan fingerprint density at radius 1 is 1.29 bits per heavy atom. The van der Waals surface area contributed by atoms with E-state index in [1.54, 1.807) is 0 Å². The highest BCUT2D eigenvalue weighted by molar-refractivity contribution is 6.31. The van der Waals surface area contributed by atoms with Gasteiger partial charge >= 0.3 is 0 Å². The summed E-state index contributed by atoms with van der Waals surface area (Å²) in [7, 11) is 0. The maximum Gasteiger partial charge on any atom is 0.119 e. The third-order valence-electron chi connectivity index (χ3n) is 2.97. The minimum absolute atomic E-state index is 0.519. The van der Waals surface area contributed by atoms with Crippen molar-refractivity contribution in [2.24, 2.45) is 5.92 Å². The van der Waals surface area contributed by atoms with Crippen molar-refractivity contribution >= 4 is 11.6 Å². The van der Waals surface area contributed by atoms with Crippen LogP contribution in [0.3, 0.4) is 0 Å². The molecule has 96 valence electrons. The zero-order valence-corrected chi connectivity index (χ0v) is 11.8. The van der Waals surface area contributed by atoms with Gasteiger partial charge in [0.05, 0.1) is 0 Å². The molecular formula is C14H22ClNO. The molecule has 3 heteroatoms. The molecule has 0 amide bonds. The maximum atomic E-state index is 5.95. The average molecular weight is 256 g/mol. The predicted octanol–water partition coefficient (Wildman–Crippen LogP) is 3.66. The van der Waals surface area contributed by atoms with Crippen molar-refractivity contribution in [2.75, 3.05) is 13.2 Å². The first-order valence-electron chi connectivity index (χ1n) is 6.13. The Bertz CT molecular complexity index is 352. The van der Waals surface area contributed by atoms with Crippen LogP contribution >= 0.6 is 11.6 Å². The number of hydrogen-bond donors (Lipinski definition) is 1. The van der Waals surface area contributed by atoms with E-state index in [0.29, 0.717) is 18.6 Å². The number of benzene rings is 1. The van der Waals surface area contributed by atoms with Crippen molar-refractivity contribution in [1.82, 2.24) is 5.32 Å². The van der Waals surface area contributed by atoms with Gasteiger partial charge in [0, 0.05) is 17.6 Å². The quantitative estimate of drug-likeness (QED) is 0.784. The molecule has 1 N–H and O–H groups in total. The number of nitrogens with one attached hydrogen (secondary N) is 1. The van der Waals surface area contributed by atoms with Gasteiger partial charge in [0.25, 0.3) is 0 Å². The predicted molar refractivity (Wildman–Crippen MR) is 74.0 cm³/mol. The van der Waals surface area contributed by atoms with Gasteiger partial charge in [-0.3, -0.25) is 0 Å². The lowest BCUT2D eigenvalue weighted by atomic mass is 10.1. The van der Waals surface area contributed by atoms with Crippen molar-refractivity contribution in [3.05, 3.63) is 28.8 Å². The molecule has 0 aliphatic carbocycles. The molecule has 1 aromatic carbocycles. The SMILES string of the molecule is Cc1cc(OCCNC(C)C(C)C)ccc1Cl. The number of rotatable bonds is 6. The van der Waals surface area contributed by atoms with Gasteiger partial charge in [0.1, 0.15) is 12.4 Å². The van der Waals surface area contributed by atoms with Gasteiger partial charge in [-0.15, -0.1) is 0 Å². The first kappa shape index (κ1) is 14.3. The molecule has 0 saturated carbocycles. The van der Waals surface area contributed by atoms with Gasteiger partial charge in [0.2, 0.25) is 0 Å². The molecule has 0 saturated heterocycles. The van der Waals surface area contributed by atoms with Crippen molar-refractivity contribution in [3.63, 3.8) is 0 Å². The second-order valence-corrected chi connectivity index (χ2v) is 5.15. The molecule has 1 atom stereocenters. The topological polar surface area (TPSA) is 21.3 Å².